The summed E-state index contributed by atoms with van der Waals surface area (Å²) in [4.78, 5) is 24.1. The lowest BCUT2D eigenvalue weighted by atomic mass is 10.1. The quantitative estimate of drug-likeness (QED) is 0.475. The van der Waals surface area contributed by atoms with E-state index in [0.717, 1.165) is 19.3 Å². The van der Waals surface area contributed by atoms with Gasteiger partial charge < -0.3 is 9.47 Å². The Bertz CT molecular complexity index is 263. The number of cyclic esters (lactones) is 2. The van der Waals surface area contributed by atoms with E-state index in [-0.39, 0.29) is 25.2 Å². The van der Waals surface area contributed by atoms with Crippen LogP contribution in [-0.4, -0.2) is 49.2 Å². The number of esters is 2. The van der Waals surface area contributed by atoms with Crippen molar-refractivity contribution in [2.24, 2.45) is 0 Å². The maximum absolute atomic E-state index is 11.1. The molecule has 1 aliphatic heterocycles. The number of morpholine rings is 1. The Balaban J connectivity index is 2.02. The van der Waals surface area contributed by atoms with Gasteiger partial charge in [0.25, 0.3) is 0 Å². The summed E-state index contributed by atoms with van der Waals surface area (Å²) >= 11 is 0. The fourth-order valence-corrected chi connectivity index (χ4v) is 2.41. The van der Waals surface area contributed by atoms with Crippen molar-refractivity contribution in [1.82, 2.24) is 4.90 Å². The van der Waals surface area contributed by atoms with Crippen LogP contribution in [0.1, 0.15) is 19.3 Å². The van der Waals surface area contributed by atoms with Crippen LogP contribution in [0.15, 0.2) is 0 Å². The molecular formula is C10H15NO4. The van der Waals surface area contributed by atoms with Gasteiger partial charge >= 0.3 is 11.9 Å². The smallest absolute Gasteiger partial charge is 0.327 e. The van der Waals surface area contributed by atoms with E-state index in [1.807, 2.05) is 4.90 Å². The van der Waals surface area contributed by atoms with Crippen molar-refractivity contribution < 1.29 is 19.1 Å². The molecule has 1 saturated carbocycles. The van der Waals surface area contributed by atoms with Gasteiger partial charge in [-0.1, -0.05) is 0 Å². The van der Waals surface area contributed by atoms with Gasteiger partial charge in [-0.2, -0.15) is 0 Å². The molecule has 0 N–H and O–H groups in total. The Hall–Kier alpha value is -0.940. The molecule has 5 heteroatoms. The average Bonchev–Trinajstić information content (AvgIpc) is 2.63. The number of hydrogen-bond donors (Lipinski definition) is 0. The standard InChI is InChI=1S/C10H15NO4/c1-14-8-4-2-3-7(8)11-5-9(12)15-10(13)6-11/h7-8H,2-6H2,1H3. The highest BCUT2D eigenvalue weighted by Crippen LogP contribution is 2.27. The van der Waals surface area contributed by atoms with Gasteiger partial charge in [-0.15, -0.1) is 0 Å². The van der Waals surface area contributed by atoms with Crippen LogP contribution in [0.25, 0.3) is 0 Å². The fourth-order valence-electron chi connectivity index (χ4n) is 2.41. The van der Waals surface area contributed by atoms with Crippen molar-refractivity contribution in [2.45, 2.75) is 31.4 Å². The first-order valence-electron chi connectivity index (χ1n) is 5.21. The van der Waals surface area contributed by atoms with Crippen LogP contribution >= 0.6 is 0 Å². The lowest BCUT2D eigenvalue weighted by Crippen LogP contribution is -2.50. The molecule has 0 aromatic heterocycles. The predicted octanol–water partition coefficient (Wildman–Crippen LogP) is -0.0607. The maximum atomic E-state index is 11.1. The van der Waals surface area contributed by atoms with Crippen LogP contribution < -0.4 is 0 Å². The summed E-state index contributed by atoms with van der Waals surface area (Å²) in [6.45, 7) is 0.409. The second kappa shape index (κ2) is 4.28. The average molecular weight is 213 g/mol. The van der Waals surface area contributed by atoms with Crippen molar-refractivity contribution in [2.75, 3.05) is 20.2 Å². The van der Waals surface area contributed by atoms with Gasteiger partial charge in [0.05, 0.1) is 19.2 Å². The summed E-state index contributed by atoms with van der Waals surface area (Å²) in [5.41, 5.74) is 0. The molecule has 84 valence electrons. The number of carbonyl (C=O) groups excluding carboxylic acids is 2. The van der Waals surface area contributed by atoms with Crippen molar-refractivity contribution >= 4 is 11.9 Å². The number of rotatable bonds is 2. The third kappa shape index (κ3) is 2.18. The molecule has 0 amide bonds. The monoisotopic (exact) mass is 213 g/mol. The minimum absolute atomic E-state index is 0.142. The SMILES string of the molecule is COC1CCCC1N1CC(=O)OC(=O)C1. The van der Waals surface area contributed by atoms with Crippen molar-refractivity contribution in [3.8, 4) is 0 Å². The first kappa shape index (κ1) is 10.6. The summed E-state index contributed by atoms with van der Waals surface area (Å²) in [6, 6.07) is 0.187. The van der Waals surface area contributed by atoms with Crippen molar-refractivity contribution in [3.63, 3.8) is 0 Å². The first-order valence-corrected chi connectivity index (χ1v) is 5.21. The maximum Gasteiger partial charge on any atom is 0.327 e. The second-order valence-corrected chi connectivity index (χ2v) is 4.02. The predicted molar refractivity (Wildman–Crippen MR) is 51.1 cm³/mol. The van der Waals surface area contributed by atoms with Crippen LogP contribution in [0.4, 0.5) is 0 Å². The lowest BCUT2D eigenvalue weighted by molar-refractivity contribution is -0.169. The molecule has 2 atom stereocenters. The summed E-state index contributed by atoms with van der Waals surface area (Å²) in [5, 5.41) is 0. The molecule has 1 saturated heterocycles. The summed E-state index contributed by atoms with van der Waals surface area (Å²) in [7, 11) is 1.67. The molecule has 0 spiro atoms. The largest absolute Gasteiger partial charge is 0.391 e. The zero-order valence-corrected chi connectivity index (χ0v) is 8.77. The summed E-state index contributed by atoms with van der Waals surface area (Å²) < 4.78 is 9.83. The highest BCUT2D eigenvalue weighted by atomic mass is 16.6. The molecule has 0 radical (unpaired) electrons. The minimum Gasteiger partial charge on any atom is -0.391 e. The lowest BCUT2D eigenvalue weighted by Gasteiger charge is -2.32. The van der Waals surface area contributed by atoms with Gasteiger partial charge in [-0.25, -0.2) is 0 Å². The van der Waals surface area contributed by atoms with E-state index in [4.69, 9.17) is 4.74 Å². The number of ether oxygens (including phenoxy) is 2. The van der Waals surface area contributed by atoms with Crippen LogP contribution in [0, 0.1) is 0 Å². The molecule has 0 aromatic rings. The third-order valence-corrected chi connectivity index (χ3v) is 3.08. The molecule has 1 aliphatic carbocycles. The Labute approximate surface area is 88.3 Å². The fraction of sp³-hybridized carbons (Fsp3) is 0.800. The van der Waals surface area contributed by atoms with Crippen molar-refractivity contribution in [1.29, 1.82) is 0 Å². The molecular weight excluding hydrogens is 198 g/mol. The Morgan fingerprint density at radius 2 is 1.93 bits per heavy atom. The molecule has 2 rings (SSSR count). The number of methoxy groups -OCH3 is 1. The van der Waals surface area contributed by atoms with Crippen LogP contribution in [-0.2, 0) is 19.1 Å². The van der Waals surface area contributed by atoms with E-state index in [1.165, 1.54) is 0 Å². The number of carbonyl (C=O) groups is 2. The van der Waals surface area contributed by atoms with E-state index >= 15 is 0 Å². The zero-order chi connectivity index (χ0) is 10.8. The van der Waals surface area contributed by atoms with Crippen LogP contribution in [0.5, 0.6) is 0 Å². The Morgan fingerprint density at radius 1 is 1.27 bits per heavy atom. The number of nitrogens with zero attached hydrogens (tertiary/aromatic N) is 1. The highest BCUT2D eigenvalue weighted by Gasteiger charge is 2.37. The molecule has 15 heavy (non-hydrogen) atoms. The molecule has 5 nitrogen and oxygen atoms in total. The molecule has 2 unspecified atom stereocenters. The number of hydrogen-bond acceptors (Lipinski definition) is 5. The van der Waals surface area contributed by atoms with Crippen molar-refractivity contribution in [3.05, 3.63) is 0 Å². The van der Waals surface area contributed by atoms with Gasteiger partial charge in [-0.05, 0) is 19.3 Å². The Morgan fingerprint density at radius 3 is 2.53 bits per heavy atom. The zero-order valence-electron chi connectivity index (χ0n) is 8.77. The Kier molecular flexibility index (Phi) is 3.02. The first-order chi connectivity index (χ1) is 7.20. The normalized spacial score (nSPS) is 33.1. The highest BCUT2D eigenvalue weighted by molar-refractivity contribution is 5.90. The minimum atomic E-state index is -0.451. The molecule has 0 aromatic carbocycles. The van der Waals surface area contributed by atoms with E-state index in [0.29, 0.717) is 0 Å². The van der Waals surface area contributed by atoms with Crippen LogP contribution in [0.2, 0.25) is 0 Å². The topological polar surface area (TPSA) is 55.8 Å². The molecule has 1 heterocycles. The summed E-state index contributed by atoms with van der Waals surface area (Å²) in [6.07, 6.45) is 3.21. The third-order valence-electron chi connectivity index (χ3n) is 3.08. The van der Waals surface area contributed by atoms with E-state index < -0.39 is 11.9 Å². The van der Waals surface area contributed by atoms with Gasteiger partial charge in [0.2, 0.25) is 0 Å². The van der Waals surface area contributed by atoms with Gasteiger partial charge in [0.1, 0.15) is 0 Å². The van der Waals surface area contributed by atoms with Crippen LogP contribution in [0.3, 0.4) is 0 Å². The molecule has 0 bridgehead atoms. The summed E-state index contributed by atoms with van der Waals surface area (Å²) in [5.74, 6) is -0.902. The van der Waals surface area contributed by atoms with Gasteiger partial charge in [0, 0.05) is 13.2 Å². The van der Waals surface area contributed by atoms with E-state index in [1.54, 1.807) is 7.11 Å². The van der Waals surface area contributed by atoms with Gasteiger partial charge in [-0.3, -0.25) is 14.5 Å². The van der Waals surface area contributed by atoms with E-state index in [2.05, 4.69) is 4.74 Å². The second-order valence-electron chi connectivity index (χ2n) is 4.02. The molecule has 2 aliphatic rings. The molecule has 2 fully saturated rings. The van der Waals surface area contributed by atoms with Gasteiger partial charge in [0.15, 0.2) is 0 Å². The van der Waals surface area contributed by atoms with E-state index in [9.17, 15) is 9.59 Å².